The van der Waals surface area contributed by atoms with Crippen molar-refractivity contribution in [2.75, 3.05) is 19.8 Å². The molecular formula is C16H22NO5P. The summed E-state index contributed by atoms with van der Waals surface area (Å²) < 4.78 is 28.9. The number of benzene rings is 1. The van der Waals surface area contributed by atoms with E-state index in [0.29, 0.717) is 5.56 Å². The highest BCUT2D eigenvalue weighted by Crippen LogP contribution is 2.63. The second-order valence-corrected chi connectivity index (χ2v) is 6.74. The lowest BCUT2D eigenvalue weighted by Crippen LogP contribution is -2.25. The van der Waals surface area contributed by atoms with Crippen molar-refractivity contribution in [3.63, 3.8) is 0 Å². The molecular weight excluding hydrogens is 317 g/mol. The molecule has 0 N–H and O–H groups in total. The van der Waals surface area contributed by atoms with Gasteiger partial charge in [0, 0.05) is 0 Å². The van der Waals surface area contributed by atoms with Crippen molar-refractivity contribution < 1.29 is 23.1 Å². The number of carbonyl (C=O) groups is 1. The van der Waals surface area contributed by atoms with Gasteiger partial charge in [-0.2, -0.15) is 5.26 Å². The van der Waals surface area contributed by atoms with Gasteiger partial charge < -0.3 is 13.8 Å². The van der Waals surface area contributed by atoms with Gasteiger partial charge in [-0.25, -0.2) is 0 Å². The molecule has 0 aliphatic heterocycles. The zero-order valence-corrected chi connectivity index (χ0v) is 14.5. The summed E-state index contributed by atoms with van der Waals surface area (Å²) in [6, 6.07) is 10.6. The van der Waals surface area contributed by atoms with Crippen molar-refractivity contribution in [3.8, 4) is 6.07 Å². The molecule has 6 nitrogen and oxygen atoms in total. The lowest BCUT2D eigenvalue weighted by Gasteiger charge is -2.28. The molecule has 0 aliphatic carbocycles. The summed E-state index contributed by atoms with van der Waals surface area (Å²) in [5.41, 5.74) is -0.495. The first-order chi connectivity index (χ1) is 11.0. The first-order valence-electron chi connectivity index (χ1n) is 7.54. The molecule has 2 atom stereocenters. The number of carbonyl (C=O) groups excluding carboxylic acids is 1. The molecule has 2 unspecified atom stereocenters. The Hall–Kier alpha value is -1.67. The number of nitrogens with zero attached hydrogens (tertiary/aromatic N) is 1. The van der Waals surface area contributed by atoms with Crippen LogP contribution in [-0.2, 0) is 23.1 Å². The topological polar surface area (TPSA) is 85.6 Å². The van der Waals surface area contributed by atoms with Crippen LogP contribution in [0.25, 0.3) is 0 Å². The van der Waals surface area contributed by atoms with Gasteiger partial charge in [0.1, 0.15) is 5.66 Å². The summed E-state index contributed by atoms with van der Waals surface area (Å²) >= 11 is 0. The minimum atomic E-state index is -3.72. The Morgan fingerprint density at radius 2 is 1.70 bits per heavy atom. The van der Waals surface area contributed by atoms with E-state index in [-0.39, 0.29) is 19.8 Å². The lowest BCUT2D eigenvalue weighted by atomic mass is 10.00. The largest absolute Gasteiger partial charge is 0.465 e. The number of rotatable bonds is 9. The number of nitriles is 1. The quantitative estimate of drug-likeness (QED) is 0.504. The van der Waals surface area contributed by atoms with Crippen LogP contribution in [0.15, 0.2) is 30.3 Å². The molecule has 0 bridgehead atoms. The van der Waals surface area contributed by atoms with Gasteiger partial charge >= 0.3 is 13.6 Å². The molecule has 0 aliphatic rings. The normalized spacial score (nSPS) is 13.8. The average Bonchev–Trinajstić information content (AvgIpc) is 2.53. The Balaban J connectivity index is 3.39. The Kier molecular flexibility index (Phi) is 7.97. The van der Waals surface area contributed by atoms with E-state index in [0.717, 1.165) is 0 Å². The minimum Gasteiger partial charge on any atom is -0.465 e. The summed E-state index contributed by atoms with van der Waals surface area (Å²) in [5, 5.41) is 9.47. The molecule has 0 amide bonds. The van der Waals surface area contributed by atoms with Crippen molar-refractivity contribution in [2.24, 2.45) is 5.92 Å². The van der Waals surface area contributed by atoms with Gasteiger partial charge in [0.25, 0.3) is 0 Å². The SMILES string of the molecule is CCOC(=O)C(C#N)C(c1ccccc1)P(=O)(OCC)OCC. The molecule has 0 aromatic heterocycles. The van der Waals surface area contributed by atoms with Gasteiger partial charge in [0.2, 0.25) is 0 Å². The van der Waals surface area contributed by atoms with Gasteiger partial charge in [0.05, 0.1) is 25.9 Å². The monoisotopic (exact) mass is 339 g/mol. The van der Waals surface area contributed by atoms with E-state index < -0.39 is 25.1 Å². The van der Waals surface area contributed by atoms with Crippen LogP contribution in [-0.4, -0.2) is 25.8 Å². The van der Waals surface area contributed by atoms with Crippen molar-refractivity contribution in [2.45, 2.75) is 26.4 Å². The van der Waals surface area contributed by atoms with Gasteiger partial charge in [-0.1, -0.05) is 30.3 Å². The number of ether oxygens (including phenoxy) is 1. The van der Waals surface area contributed by atoms with Crippen molar-refractivity contribution in [3.05, 3.63) is 35.9 Å². The maximum Gasteiger partial charge on any atom is 0.340 e. The molecule has 1 rings (SSSR count). The highest BCUT2D eigenvalue weighted by molar-refractivity contribution is 7.54. The highest BCUT2D eigenvalue weighted by Gasteiger charge is 2.46. The van der Waals surface area contributed by atoms with Gasteiger partial charge in [-0.05, 0) is 26.3 Å². The third-order valence-electron chi connectivity index (χ3n) is 3.10. The summed E-state index contributed by atoms with van der Waals surface area (Å²) in [7, 11) is -3.72. The fourth-order valence-corrected chi connectivity index (χ4v) is 4.46. The van der Waals surface area contributed by atoms with Crippen LogP contribution in [0.3, 0.4) is 0 Å². The van der Waals surface area contributed by atoms with E-state index in [4.69, 9.17) is 13.8 Å². The summed E-state index contributed by atoms with van der Waals surface area (Å²) in [4.78, 5) is 12.2. The van der Waals surface area contributed by atoms with Crippen LogP contribution in [0.4, 0.5) is 0 Å². The first kappa shape index (κ1) is 19.4. The van der Waals surface area contributed by atoms with Crippen LogP contribution < -0.4 is 0 Å². The second-order valence-electron chi connectivity index (χ2n) is 4.59. The molecule has 23 heavy (non-hydrogen) atoms. The molecule has 0 heterocycles. The van der Waals surface area contributed by atoms with E-state index >= 15 is 0 Å². The Morgan fingerprint density at radius 1 is 1.13 bits per heavy atom. The van der Waals surface area contributed by atoms with Crippen molar-refractivity contribution in [1.82, 2.24) is 0 Å². The van der Waals surface area contributed by atoms with E-state index in [9.17, 15) is 14.6 Å². The first-order valence-corrected chi connectivity index (χ1v) is 9.15. The number of esters is 1. The Morgan fingerprint density at radius 3 is 2.13 bits per heavy atom. The van der Waals surface area contributed by atoms with Gasteiger partial charge in [0.15, 0.2) is 5.92 Å². The Bertz CT molecular complexity index is 574. The molecule has 0 radical (unpaired) electrons. The van der Waals surface area contributed by atoms with E-state index in [1.54, 1.807) is 51.1 Å². The molecule has 7 heteroatoms. The third-order valence-corrected chi connectivity index (χ3v) is 5.61. The smallest absolute Gasteiger partial charge is 0.340 e. The average molecular weight is 339 g/mol. The Labute approximate surface area is 136 Å². The third kappa shape index (κ3) is 4.90. The van der Waals surface area contributed by atoms with Crippen molar-refractivity contribution >= 4 is 13.6 Å². The zero-order chi connectivity index (χ0) is 17.3. The number of hydrogen-bond donors (Lipinski definition) is 0. The van der Waals surface area contributed by atoms with Gasteiger partial charge in [-0.3, -0.25) is 9.36 Å². The standard InChI is InChI=1S/C16H22NO5P/c1-4-20-16(18)14(12-17)15(13-10-8-7-9-11-13)23(19,21-5-2)22-6-3/h7-11,14-15H,4-6H2,1-3H3. The number of hydrogen-bond acceptors (Lipinski definition) is 6. The molecule has 1 aromatic carbocycles. The fourth-order valence-electron chi connectivity index (χ4n) is 2.25. The molecule has 0 fully saturated rings. The van der Waals surface area contributed by atoms with Crippen LogP contribution >= 0.6 is 7.60 Å². The summed E-state index contributed by atoms with van der Waals surface area (Å²) in [6.45, 7) is 5.42. The van der Waals surface area contributed by atoms with Crippen LogP contribution in [0.1, 0.15) is 32.0 Å². The predicted molar refractivity (Wildman–Crippen MR) is 85.8 cm³/mol. The van der Waals surface area contributed by atoms with E-state index in [1.807, 2.05) is 6.07 Å². The van der Waals surface area contributed by atoms with Crippen LogP contribution in [0.5, 0.6) is 0 Å². The predicted octanol–water partition coefficient (Wildman–Crippen LogP) is 3.70. The molecule has 126 valence electrons. The van der Waals surface area contributed by atoms with E-state index in [1.165, 1.54) is 0 Å². The summed E-state index contributed by atoms with van der Waals surface area (Å²) in [5.74, 6) is -2.01. The highest BCUT2D eigenvalue weighted by atomic mass is 31.2. The van der Waals surface area contributed by atoms with E-state index in [2.05, 4.69) is 0 Å². The summed E-state index contributed by atoms with van der Waals surface area (Å²) in [6.07, 6.45) is 0. The maximum atomic E-state index is 13.2. The fraction of sp³-hybridized carbons (Fsp3) is 0.500. The molecule has 0 saturated heterocycles. The molecule has 0 spiro atoms. The zero-order valence-electron chi connectivity index (χ0n) is 13.6. The second kappa shape index (κ2) is 9.46. The molecule has 0 saturated carbocycles. The van der Waals surface area contributed by atoms with Gasteiger partial charge in [-0.15, -0.1) is 0 Å². The van der Waals surface area contributed by atoms with Crippen LogP contribution in [0.2, 0.25) is 0 Å². The minimum absolute atomic E-state index is 0.131. The van der Waals surface area contributed by atoms with Crippen LogP contribution in [0, 0.1) is 17.2 Å². The molecule has 1 aromatic rings. The maximum absolute atomic E-state index is 13.2. The lowest BCUT2D eigenvalue weighted by molar-refractivity contribution is -0.146. The van der Waals surface area contributed by atoms with Crippen molar-refractivity contribution in [1.29, 1.82) is 5.26 Å².